The van der Waals surface area contributed by atoms with Crippen molar-refractivity contribution in [3.05, 3.63) is 72.1 Å². The van der Waals surface area contributed by atoms with Gasteiger partial charge in [0.15, 0.2) is 6.04 Å². The predicted molar refractivity (Wildman–Crippen MR) is 147 cm³/mol. The molecule has 1 aliphatic carbocycles. The molecule has 0 bridgehead atoms. The number of imide groups is 1. The van der Waals surface area contributed by atoms with Crippen molar-refractivity contribution in [2.75, 3.05) is 5.01 Å². The number of hydrogen-bond acceptors (Lipinski definition) is 7. The number of hydrazine groups is 1. The number of aromatic nitrogens is 1. The molecular weight excluding hydrogens is 498 g/mol. The van der Waals surface area contributed by atoms with E-state index in [2.05, 4.69) is 4.98 Å². The maximum Gasteiger partial charge on any atom is 0.439 e. The van der Waals surface area contributed by atoms with Crippen LogP contribution in [0.1, 0.15) is 77.5 Å². The van der Waals surface area contributed by atoms with Crippen LogP contribution in [0.2, 0.25) is 0 Å². The number of nitrogens with zero attached hydrogens (tertiary/aromatic N) is 3. The average molecular weight is 534 g/mol. The Kier molecular flexibility index (Phi) is 7.54. The van der Waals surface area contributed by atoms with Crippen LogP contribution in [0.3, 0.4) is 0 Å². The topological polar surface area (TPSA) is 109 Å². The Morgan fingerprint density at radius 2 is 1.54 bits per heavy atom. The van der Waals surface area contributed by atoms with E-state index in [9.17, 15) is 19.5 Å². The molecule has 1 N–H and O–H groups in total. The largest absolute Gasteiger partial charge is 0.479 e. The molecule has 1 fully saturated rings. The summed E-state index contributed by atoms with van der Waals surface area (Å²) in [5.41, 5.74) is -0.219. The fraction of sp³-hybridized carbons (Fsp3) is 0.400. The number of amides is 2. The summed E-state index contributed by atoms with van der Waals surface area (Å²) < 4.78 is 11.2. The van der Waals surface area contributed by atoms with Crippen LogP contribution in [-0.4, -0.2) is 44.5 Å². The molecule has 9 heteroatoms. The van der Waals surface area contributed by atoms with Crippen LogP contribution in [0.15, 0.2) is 60.9 Å². The van der Waals surface area contributed by atoms with Gasteiger partial charge in [0.2, 0.25) is 0 Å². The first-order chi connectivity index (χ1) is 18.2. The van der Waals surface area contributed by atoms with Crippen molar-refractivity contribution >= 4 is 34.6 Å². The minimum absolute atomic E-state index is 0.287. The van der Waals surface area contributed by atoms with Crippen LogP contribution in [-0.2, 0) is 14.3 Å². The number of carbonyl (C=O) groups excluding carboxylic acids is 2. The first kappa shape index (κ1) is 27.9. The van der Waals surface area contributed by atoms with Gasteiger partial charge in [-0.05, 0) is 95.0 Å². The Morgan fingerprint density at radius 3 is 2.10 bits per heavy atom. The van der Waals surface area contributed by atoms with Crippen molar-refractivity contribution in [3.63, 3.8) is 0 Å². The van der Waals surface area contributed by atoms with Gasteiger partial charge in [-0.3, -0.25) is 9.99 Å². The van der Waals surface area contributed by atoms with Crippen LogP contribution in [0.4, 0.5) is 15.3 Å². The van der Waals surface area contributed by atoms with Gasteiger partial charge in [-0.1, -0.05) is 30.3 Å². The molecule has 9 nitrogen and oxygen atoms in total. The zero-order chi connectivity index (χ0) is 28.5. The van der Waals surface area contributed by atoms with E-state index < -0.39 is 35.4 Å². The Balaban J connectivity index is 1.94. The number of aliphatic carboxylic acids is 1. The molecule has 39 heavy (non-hydrogen) atoms. The minimum atomic E-state index is -1.46. The molecule has 206 valence electrons. The molecule has 1 atom stereocenters. The number of benzene rings is 2. The summed E-state index contributed by atoms with van der Waals surface area (Å²) >= 11 is 0. The lowest BCUT2D eigenvalue weighted by Crippen LogP contribution is -2.56. The molecule has 0 radical (unpaired) electrons. The van der Waals surface area contributed by atoms with E-state index in [4.69, 9.17) is 9.47 Å². The highest BCUT2D eigenvalue weighted by Gasteiger charge is 2.43. The summed E-state index contributed by atoms with van der Waals surface area (Å²) in [4.78, 5) is 44.5. The third kappa shape index (κ3) is 6.85. The normalized spacial score (nSPS) is 14.4. The van der Waals surface area contributed by atoms with E-state index in [0.29, 0.717) is 16.5 Å². The van der Waals surface area contributed by atoms with E-state index in [0.717, 1.165) is 34.2 Å². The summed E-state index contributed by atoms with van der Waals surface area (Å²) in [6.45, 7) is 10.00. The van der Waals surface area contributed by atoms with E-state index in [1.165, 1.54) is 0 Å². The number of hydrogen-bond donors (Lipinski definition) is 1. The van der Waals surface area contributed by atoms with Crippen LogP contribution in [0.5, 0.6) is 0 Å². The van der Waals surface area contributed by atoms with Gasteiger partial charge in [-0.2, -0.15) is 0 Å². The van der Waals surface area contributed by atoms with Crippen LogP contribution >= 0.6 is 0 Å². The SMILES string of the molecule is CC(C)(C)OC(=O)N(C(=O)OC(C)(C)C)N(c1ccc2cnccc2c1)C(C(=O)O)c1cccc(C2CC2)c1. The number of carbonyl (C=O) groups is 3. The first-order valence-electron chi connectivity index (χ1n) is 13.0. The summed E-state index contributed by atoms with van der Waals surface area (Å²) in [6.07, 6.45) is 3.24. The fourth-order valence-electron chi connectivity index (χ4n) is 4.24. The molecule has 1 saturated carbocycles. The molecule has 3 aromatic rings. The second kappa shape index (κ2) is 10.6. The van der Waals surface area contributed by atoms with Crippen molar-refractivity contribution in [1.82, 2.24) is 9.99 Å². The quantitative estimate of drug-likeness (QED) is 0.343. The van der Waals surface area contributed by atoms with Crippen molar-refractivity contribution in [3.8, 4) is 0 Å². The van der Waals surface area contributed by atoms with Crippen molar-refractivity contribution in [2.24, 2.45) is 0 Å². The number of fused-ring (bicyclic) bond motifs is 1. The third-order valence-electron chi connectivity index (χ3n) is 5.99. The second-order valence-corrected chi connectivity index (χ2v) is 11.7. The van der Waals surface area contributed by atoms with Gasteiger partial charge in [0.1, 0.15) is 11.2 Å². The number of rotatable bonds is 6. The smallest absolute Gasteiger partial charge is 0.439 e. The van der Waals surface area contributed by atoms with Crippen molar-refractivity contribution in [2.45, 2.75) is 77.5 Å². The first-order valence-corrected chi connectivity index (χ1v) is 13.0. The summed E-state index contributed by atoms with van der Waals surface area (Å²) in [5.74, 6) is -0.885. The van der Waals surface area contributed by atoms with E-state index in [1.807, 2.05) is 12.1 Å². The highest BCUT2D eigenvalue weighted by molar-refractivity contribution is 5.94. The fourth-order valence-corrected chi connectivity index (χ4v) is 4.24. The maximum atomic E-state index is 13.7. The molecule has 2 amide bonds. The van der Waals surface area contributed by atoms with Gasteiger partial charge < -0.3 is 14.6 Å². The van der Waals surface area contributed by atoms with Crippen LogP contribution in [0.25, 0.3) is 10.8 Å². The highest BCUT2D eigenvalue weighted by atomic mass is 16.6. The van der Waals surface area contributed by atoms with Crippen LogP contribution in [0, 0.1) is 0 Å². The summed E-state index contributed by atoms with van der Waals surface area (Å²) in [5, 5.41) is 14.0. The van der Waals surface area contributed by atoms with Gasteiger partial charge in [-0.25, -0.2) is 14.4 Å². The molecule has 0 spiro atoms. The number of carboxylic acid groups (broad SMARTS) is 1. The molecule has 4 rings (SSSR count). The average Bonchev–Trinajstić information content (AvgIpc) is 3.67. The summed E-state index contributed by atoms with van der Waals surface area (Å²) in [7, 11) is 0. The Hall–Kier alpha value is -4.14. The van der Waals surface area contributed by atoms with Crippen molar-refractivity contribution < 1.29 is 29.0 Å². The number of ether oxygens (including phenoxy) is 2. The van der Waals surface area contributed by atoms with Crippen molar-refractivity contribution in [1.29, 1.82) is 0 Å². The standard InChI is InChI=1S/C30H35N3O6/c1-29(2,3)38-27(36)33(28(37)39-30(4,5)6)32(24-13-12-23-18-31-15-14-21(23)17-24)25(26(34)35)22-9-7-8-20(16-22)19-10-11-19/h7-9,12-19,25H,10-11H2,1-6H3,(H,34,35). The highest BCUT2D eigenvalue weighted by Crippen LogP contribution is 2.41. The lowest BCUT2D eigenvalue weighted by atomic mass is 10.0. The lowest BCUT2D eigenvalue weighted by Gasteiger charge is -2.39. The number of anilines is 1. The lowest BCUT2D eigenvalue weighted by molar-refractivity contribution is -0.139. The molecule has 1 aromatic heterocycles. The molecule has 2 aromatic carbocycles. The Bertz CT molecular complexity index is 1360. The minimum Gasteiger partial charge on any atom is -0.479 e. The van der Waals surface area contributed by atoms with E-state index in [1.54, 1.807) is 90.3 Å². The van der Waals surface area contributed by atoms with Gasteiger partial charge >= 0.3 is 18.2 Å². The molecule has 1 aliphatic rings. The van der Waals surface area contributed by atoms with E-state index >= 15 is 0 Å². The zero-order valence-electron chi connectivity index (χ0n) is 23.2. The summed E-state index contributed by atoms with van der Waals surface area (Å²) in [6, 6.07) is 12.7. The molecule has 0 aliphatic heterocycles. The van der Waals surface area contributed by atoms with Gasteiger partial charge in [0.25, 0.3) is 0 Å². The molecular formula is C30H35N3O6. The third-order valence-corrected chi connectivity index (χ3v) is 5.99. The predicted octanol–water partition coefficient (Wildman–Crippen LogP) is 6.83. The van der Waals surface area contributed by atoms with Crippen LogP contribution < -0.4 is 5.01 Å². The molecule has 1 unspecified atom stereocenters. The van der Waals surface area contributed by atoms with Gasteiger partial charge in [-0.15, -0.1) is 5.01 Å². The maximum absolute atomic E-state index is 13.7. The number of carboxylic acids is 1. The number of pyridine rings is 1. The second-order valence-electron chi connectivity index (χ2n) is 11.7. The molecule has 1 heterocycles. The van der Waals surface area contributed by atoms with E-state index in [-0.39, 0.29) is 5.69 Å². The van der Waals surface area contributed by atoms with Gasteiger partial charge in [0.05, 0.1) is 5.69 Å². The Labute approximate surface area is 228 Å². The Morgan fingerprint density at radius 1 is 0.897 bits per heavy atom. The van der Waals surface area contributed by atoms with Gasteiger partial charge in [0, 0.05) is 17.8 Å². The molecule has 0 saturated heterocycles. The zero-order valence-corrected chi connectivity index (χ0v) is 23.2. The monoisotopic (exact) mass is 533 g/mol.